The third-order valence-corrected chi connectivity index (χ3v) is 10.8. The number of aromatic nitrogens is 1. The molecular weight excluding hydrogens is 655 g/mol. The highest BCUT2D eigenvalue weighted by molar-refractivity contribution is 7.97. The van der Waals surface area contributed by atoms with Crippen LogP contribution in [0.25, 0.3) is 10.2 Å². The van der Waals surface area contributed by atoms with Gasteiger partial charge < -0.3 is 24.8 Å². The average Bonchev–Trinajstić information content (AvgIpc) is 3.97. The van der Waals surface area contributed by atoms with Gasteiger partial charge in [-0.3, -0.25) is 4.79 Å². The van der Waals surface area contributed by atoms with Gasteiger partial charge in [0.05, 0.1) is 16.8 Å². The zero-order valence-corrected chi connectivity index (χ0v) is 30.7. The molecule has 1 aromatic heterocycles. The van der Waals surface area contributed by atoms with Gasteiger partial charge in [-0.15, -0.1) is 0 Å². The van der Waals surface area contributed by atoms with Crippen molar-refractivity contribution >= 4 is 45.1 Å². The number of methoxy groups -OCH3 is 1. The van der Waals surface area contributed by atoms with E-state index in [4.69, 9.17) is 19.2 Å². The summed E-state index contributed by atoms with van der Waals surface area (Å²) in [6.45, 7) is 12.6. The Labute approximate surface area is 292 Å². The van der Waals surface area contributed by atoms with Gasteiger partial charge in [0.25, 0.3) is 6.47 Å². The lowest BCUT2D eigenvalue weighted by Gasteiger charge is -2.24. The fourth-order valence-corrected chi connectivity index (χ4v) is 7.73. The number of fused-ring (bicyclic) bond motifs is 1. The SMILES string of the molecule is CNCCCN(CC1(C)CC1)Sc1ccc2nc(NC3CC3)sc2c1.COC1OCC(OC=O)C(C)CC1C.Cc1ccc(F)c(F)c1. The number of hydrogen-bond donors (Lipinski definition) is 2. The fraction of sp³-hybridized carbons (Fsp3) is 0.611. The van der Waals surface area contributed by atoms with E-state index in [1.807, 2.05) is 19.0 Å². The van der Waals surface area contributed by atoms with Gasteiger partial charge in [-0.2, -0.15) is 0 Å². The van der Waals surface area contributed by atoms with Crippen LogP contribution in [0.4, 0.5) is 13.9 Å². The molecule has 3 aliphatic rings. The van der Waals surface area contributed by atoms with E-state index in [2.05, 4.69) is 53.9 Å². The van der Waals surface area contributed by atoms with E-state index < -0.39 is 11.6 Å². The van der Waals surface area contributed by atoms with Crippen LogP contribution in [0, 0.1) is 35.8 Å². The van der Waals surface area contributed by atoms with Gasteiger partial charge in [-0.25, -0.2) is 18.1 Å². The summed E-state index contributed by atoms with van der Waals surface area (Å²) < 4.78 is 43.8. The van der Waals surface area contributed by atoms with Crippen molar-refractivity contribution in [1.82, 2.24) is 14.6 Å². The molecule has 1 saturated heterocycles. The lowest BCUT2D eigenvalue weighted by Crippen LogP contribution is -2.26. The summed E-state index contributed by atoms with van der Waals surface area (Å²) in [5.74, 6) is -0.929. The smallest absolute Gasteiger partial charge is 0.293 e. The van der Waals surface area contributed by atoms with Crippen LogP contribution in [-0.2, 0) is 19.0 Å². The summed E-state index contributed by atoms with van der Waals surface area (Å²) in [5, 5.41) is 7.87. The Morgan fingerprint density at radius 2 is 1.92 bits per heavy atom. The monoisotopic (exact) mass is 706 g/mol. The zero-order chi connectivity index (χ0) is 34.7. The third-order valence-electron chi connectivity index (χ3n) is 8.80. The average molecular weight is 707 g/mol. The zero-order valence-electron chi connectivity index (χ0n) is 29.1. The molecule has 0 amide bonds. The molecule has 3 fully saturated rings. The number of anilines is 1. The number of ether oxygens (including phenoxy) is 3. The second kappa shape index (κ2) is 18.6. The highest BCUT2D eigenvalue weighted by Crippen LogP contribution is 2.47. The number of benzene rings is 2. The number of halogens is 2. The number of hydrogen-bond acceptors (Lipinski definition) is 10. The van der Waals surface area contributed by atoms with Crippen molar-refractivity contribution in [3.8, 4) is 0 Å². The molecule has 266 valence electrons. The maximum atomic E-state index is 12.2. The first-order valence-electron chi connectivity index (χ1n) is 16.9. The Kier molecular flexibility index (Phi) is 14.9. The first-order chi connectivity index (χ1) is 23.0. The fourth-order valence-electron chi connectivity index (χ4n) is 5.48. The Morgan fingerprint density at radius 1 is 1.15 bits per heavy atom. The highest BCUT2D eigenvalue weighted by Gasteiger charge is 2.39. The van der Waals surface area contributed by atoms with E-state index in [-0.39, 0.29) is 12.4 Å². The van der Waals surface area contributed by atoms with Crippen molar-refractivity contribution in [2.45, 2.75) is 89.6 Å². The molecule has 4 unspecified atom stereocenters. The number of nitrogens with zero attached hydrogens (tertiary/aromatic N) is 2. The van der Waals surface area contributed by atoms with Gasteiger partial charge in [-0.05, 0) is 118 Å². The van der Waals surface area contributed by atoms with Crippen molar-refractivity contribution in [3.05, 3.63) is 53.6 Å². The minimum Gasteiger partial charge on any atom is -0.462 e. The maximum absolute atomic E-state index is 12.2. The Bertz CT molecular complexity index is 1440. The number of carbonyl (C=O) groups excluding carboxylic acids is 1. The molecule has 2 heterocycles. The molecule has 0 radical (unpaired) electrons. The van der Waals surface area contributed by atoms with E-state index in [0.717, 1.165) is 47.9 Å². The molecule has 0 bridgehead atoms. The van der Waals surface area contributed by atoms with Crippen LogP contribution in [0.1, 0.15) is 64.9 Å². The lowest BCUT2D eigenvalue weighted by atomic mass is 9.94. The number of thiazole rings is 1. The van der Waals surface area contributed by atoms with Crippen LogP contribution < -0.4 is 10.6 Å². The van der Waals surface area contributed by atoms with Crippen molar-refractivity contribution < 1.29 is 27.8 Å². The van der Waals surface area contributed by atoms with Gasteiger partial charge in [0.15, 0.2) is 23.1 Å². The first-order valence-corrected chi connectivity index (χ1v) is 18.5. The molecule has 1 aliphatic heterocycles. The Morgan fingerprint density at radius 3 is 2.54 bits per heavy atom. The third kappa shape index (κ3) is 12.5. The van der Waals surface area contributed by atoms with Crippen LogP contribution in [0.5, 0.6) is 0 Å². The Hall–Kier alpha value is -2.35. The van der Waals surface area contributed by atoms with E-state index in [9.17, 15) is 13.6 Å². The van der Waals surface area contributed by atoms with Gasteiger partial charge in [0.1, 0.15) is 6.10 Å². The summed E-state index contributed by atoms with van der Waals surface area (Å²) in [6.07, 6.45) is 7.14. The summed E-state index contributed by atoms with van der Waals surface area (Å²) in [6, 6.07) is 11.2. The van der Waals surface area contributed by atoms with Crippen LogP contribution in [0.3, 0.4) is 0 Å². The van der Waals surface area contributed by atoms with Gasteiger partial charge in [0, 0.05) is 37.1 Å². The quantitative estimate of drug-likeness (QED) is 0.104. The van der Waals surface area contributed by atoms with Crippen molar-refractivity contribution in [2.75, 3.05) is 45.7 Å². The van der Waals surface area contributed by atoms with Crippen LogP contribution in [0.15, 0.2) is 41.3 Å². The maximum Gasteiger partial charge on any atom is 0.293 e. The lowest BCUT2D eigenvalue weighted by molar-refractivity contribution is -0.163. The van der Waals surface area contributed by atoms with E-state index in [1.54, 1.807) is 25.4 Å². The summed E-state index contributed by atoms with van der Waals surface area (Å²) in [5.41, 5.74) is 2.39. The minimum atomic E-state index is -0.791. The van der Waals surface area contributed by atoms with E-state index in [1.165, 1.54) is 54.3 Å². The summed E-state index contributed by atoms with van der Waals surface area (Å²) in [4.78, 5) is 16.3. The standard InChI is InChI=1S/C19H28N4S2.C10H18O4.C7H6F2/c1-19(8-9-19)13-23(11-3-10-20-2)25-15-6-7-16-17(12-15)24-18(22-16)21-14-4-5-14;1-7-4-8(2)10(12-3)13-5-9(7)14-6-11;1-5-2-3-6(8)7(9)4-5/h6-7,12,14,20H,3-5,8-11,13H2,1-2H3,(H,21,22);6-10H,4-5H2,1-3H3;2-4H,1H3. The second-order valence-corrected chi connectivity index (χ2v) is 15.8. The van der Waals surface area contributed by atoms with Crippen molar-refractivity contribution in [3.63, 3.8) is 0 Å². The molecule has 48 heavy (non-hydrogen) atoms. The minimum absolute atomic E-state index is 0.143. The molecule has 12 heteroatoms. The second-order valence-electron chi connectivity index (χ2n) is 13.6. The van der Waals surface area contributed by atoms with Gasteiger partial charge in [0.2, 0.25) is 0 Å². The first kappa shape index (κ1) is 38.5. The molecule has 0 spiro atoms. The van der Waals surface area contributed by atoms with E-state index in [0.29, 0.717) is 36.4 Å². The summed E-state index contributed by atoms with van der Waals surface area (Å²) in [7, 11) is 3.66. The molecule has 6 rings (SSSR count). The molecule has 4 atom stereocenters. The normalized spacial score (nSPS) is 22.9. The topological polar surface area (TPSA) is 85.0 Å². The van der Waals surface area contributed by atoms with Gasteiger partial charge >= 0.3 is 0 Å². The number of carbonyl (C=O) groups is 1. The predicted octanol–water partition coefficient (Wildman–Crippen LogP) is 8.06. The van der Waals surface area contributed by atoms with Crippen LogP contribution in [-0.4, -0.2) is 74.6 Å². The van der Waals surface area contributed by atoms with Crippen molar-refractivity contribution in [1.29, 1.82) is 0 Å². The molecule has 3 aromatic rings. The summed E-state index contributed by atoms with van der Waals surface area (Å²) >= 11 is 3.71. The number of rotatable bonds is 13. The molecular formula is C36H52F2N4O4S2. The molecule has 2 aromatic carbocycles. The van der Waals surface area contributed by atoms with Crippen LogP contribution in [0.2, 0.25) is 0 Å². The van der Waals surface area contributed by atoms with Crippen LogP contribution >= 0.6 is 23.3 Å². The number of nitrogens with one attached hydrogen (secondary N) is 2. The predicted molar refractivity (Wildman–Crippen MR) is 191 cm³/mol. The molecule has 2 saturated carbocycles. The largest absolute Gasteiger partial charge is 0.462 e. The molecule has 8 nitrogen and oxygen atoms in total. The van der Waals surface area contributed by atoms with Crippen molar-refractivity contribution in [2.24, 2.45) is 17.3 Å². The van der Waals surface area contributed by atoms with E-state index >= 15 is 0 Å². The van der Waals surface area contributed by atoms with Gasteiger partial charge in [-0.1, -0.05) is 38.2 Å². The molecule has 2 aliphatic carbocycles. The Balaban J connectivity index is 0.000000190. The number of aryl methyl sites for hydroxylation is 1. The highest BCUT2D eigenvalue weighted by atomic mass is 32.2. The molecule has 2 N–H and O–H groups in total.